The highest BCUT2D eigenvalue weighted by molar-refractivity contribution is 6.31. The Morgan fingerprint density at radius 2 is 2.00 bits per heavy atom. The molecule has 1 aromatic carbocycles. The lowest BCUT2D eigenvalue weighted by atomic mass is 9.90. The number of hydrogen-bond acceptors (Lipinski definition) is 2. The number of imide groups is 1. The van der Waals surface area contributed by atoms with Crippen LogP contribution in [0, 0.1) is 0 Å². The molecule has 0 saturated carbocycles. The van der Waals surface area contributed by atoms with Crippen molar-refractivity contribution >= 4 is 23.5 Å². The quantitative estimate of drug-likeness (QED) is 0.573. The Bertz CT molecular complexity index is 527. The average molecular weight is 213 g/mol. The van der Waals surface area contributed by atoms with Crippen molar-refractivity contribution in [2.45, 2.75) is 6.92 Å². The Balaban J connectivity index is 2.79. The van der Waals surface area contributed by atoms with E-state index >= 15 is 0 Å². The Labute approximate surface area is 93.5 Å². The molecular weight excluding hydrogens is 202 g/mol. The van der Waals surface area contributed by atoms with Gasteiger partial charge < -0.3 is 0 Å². The van der Waals surface area contributed by atoms with E-state index in [9.17, 15) is 9.59 Å². The molecule has 3 heteroatoms. The smallest absolute Gasteiger partial charge is 0.258 e. The van der Waals surface area contributed by atoms with Crippen molar-refractivity contribution in [3.05, 3.63) is 47.5 Å². The Morgan fingerprint density at radius 3 is 2.62 bits per heavy atom. The summed E-state index contributed by atoms with van der Waals surface area (Å²) in [5.74, 6) is -0.705. The Kier molecular flexibility index (Phi) is 2.44. The molecule has 1 aliphatic heterocycles. The maximum absolute atomic E-state index is 11.6. The van der Waals surface area contributed by atoms with Gasteiger partial charge in [0, 0.05) is 16.7 Å². The van der Waals surface area contributed by atoms with Crippen LogP contribution < -0.4 is 5.32 Å². The van der Waals surface area contributed by atoms with Crippen LogP contribution in [0.2, 0.25) is 0 Å². The molecule has 0 unspecified atom stereocenters. The first-order valence-corrected chi connectivity index (χ1v) is 4.97. The van der Waals surface area contributed by atoms with Crippen LogP contribution in [0.15, 0.2) is 30.9 Å². The molecule has 1 aromatic rings. The SMILES string of the molecule is C=Cc1cccc2c1/C(=C\C)C(=O)NC2=O. The summed E-state index contributed by atoms with van der Waals surface area (Å²) in [5.41, 5.74) is 2.51. The molecule has 0 radical (unpaired) electrons. The molecule has 80 valence electrons. The second-order valence-electron chi connectivity index (χ2n) is 3.46. The normalized spacial score (nSPS) is 16.9. The van der Waals surface area contributed by atoms with Gasteiger partial charge in [0.25, 0.3) is 11.8 Å². The van der Waals surface area contributed by atoms with E-state index in [1.54, 1.807) is 31.2 Å². The van der Waals surface area contributed by atoms with E-state index in [0.29, 0.717) is 16.7 Å². The monoisotopic (exact) mass is 213 g/mol. The summed E-state index contributed by atoms with van der Waals surface area (Å²) >= 11 is 0. The van der Waals surface area contributed by atoms with Crippen LogP contribution in [0.4, 0.5) is 0 Å². The largest absolute Gasteiger partial charge is 0.288 e. The van der Waals surface area contributed by atoms with Gasteiger partial charge in [-0.3, -0.25) is 14.9 Å². The summed E-state index contributed by atoms with van der Waals surface area (Å²) in [5, 5.41) is 2.31. The minimum Gasteiger partial charge on any atom is -0.288 e. The topological polar surface area (TPSA) is 46.2 Å². The van der Waals surface area contributed by atoms with E-state index in [-0.39, 0.29) is 11.8 Å². The lowest BCUT2D eigenvalue weighted by Crippen LogP contribution is -2.36. The van der Waals surface area contributed by atoms with Gasteiger partial charge in [0.05, 0.1) is 0 Å². The minimum absolute atomic E-state index is 0.352. The van der Waals surface area contributed by atoms with Gasteiger partial charge in [-0.25, -0.2) is 0 Å². The van der Waals surface area contributed by atoms with Crippen molar-refractivity contribution in [1.82, 2.24) is 5.32 Å². The first-order valence-electron chi connectivity index (χ1n) is 4.97. The highest BCUT2D eigenvalue weighted by Crippen LogP contribution is 2.28. The number of benzene rings is 1. The third kappa shape index (κ3) is 1.37. The molecule has 0 aliphatic carbocycles. The number of carbonyl (C=O) groups excluding carboxylic acids is 2. The van der Waals surface area contributed by atoms with Crippen molar-refractivity contribution in [3.63, 3.8) is 0 Å². The van der Waals surface area contributed by atoms with Crippen LogP contribution in [-0.2, 0) is 4.79 Å². The van der Waals surface area contributed by atoms with Gasteiger partial charge in [0.1, 0.15) is 0 Å². The lowest BCUT2D eigenvalue weighted by molar-refractivity contribution is -0.114. The minimum atomic E-state index is -0.352. The van der Waals surface area contributed by atoms with Gasteiger partial charge >= 0.3 is 0 Å². The predicted octanol–water partition coefficient (Wildman–Crippen LogP) is 2.00. The lowest BCUT2D eigenvalue weighted by Gasteiger charge is -2.19. The highest BCUT2D eigenvalue weighted by atomic mass is 16.2. The molecule has 16 heavy (non-hydrogen) atoms. The van der Waals surface area contributed by atoms with Crippen molar-refractivity contribution in [1.29, 1.82) is 0 Å². The summed E-state index contributed by atoms with van der Waals surface area (Å²) in [4.78, 5) is 23.3. The second kappa shape index (κ2) is 3.77. The number of allylic oxidation sites excluding steroid dienone is 1. The molecule has 0 aromatic heterocycles. The fourth-order valence-corrected chi connectivity index (χ4v) is 1.86. The van der Waals surface area contributed by atoms with Crippen molar-refractivity contribution < 1.29 is 9.59 Å². The van der Waals surface area contributed by atoms with Gasteiger partial charge in [-0.2, -0.15) is 0 Å². The number of nitrogens with one attached hydrogen (secondary N) is 1. The molecule has 2 rings (SSSR count). The third-order valence-electron chi connectivity index (χ3n) is 2.59. The number of fused-ring (bicyclic) bond motifs is 1. The fraction of sp³-hybridized carbons (Fsp3) is 0.0769. The maximum atomic E-state index is 11.6. The zero-order valence-corrected chi connectivity index (χ0v) is 8.91. The zero-order chi connectivity index (χ0) is 11.7. The van der Waals surface area contributed by atoms with E-state index < -0.39 is 0 Å². The van der Waals surface area contributed by atoms with E-state index in [1.807, 2.05) is 6.07 Å². The van der Waals surface area contributed by atoms with Crippen LogP contribution >= 0.6 is 0 Å². The molecule has 0 spiro atoms. The van der Waals surface area contributed by atoms with Crippen molar-refractivity contribution in [2.24, 2.45) is 0 Å². The molecule has 0 fully saturated rings. The molecule has 1 N–H and O–H groups in total. The number of carbonyl (C=O) groups is 2. The average Bonchev–Trinajstić information content (AvgIpc) is 2.29. The van der Waals surface area contributed by atoms with Crippen molar-refractivity contribution in [3.8, 4) is 0 Å². The van der Waals surface area contributed by atoms with Gasteiger partial charge in [-0.1, -0.05) is 30.9 Å². The van der Waals surface area contributed by atoms with Crippen LogP contribution in [0.3, 0.4) is 0 Å². The van der Waals surface area contributed by atoms with Gasteiger partial charge in [0.2, 0.25) is 0 Å². The fourth-order valence-electron chi connectivity index (χ4n) is 1.86. The van der Waals surface area contributed by atoms with Gasteiger partial charge in [-0.05, 0) is 18.6 Å². The van der Waals surface area contributed by atoms with Crippen LogP contribution in [0.1, 0.15) is 28.4 Å². The van der Waals surface area contributed by atoms with E-state index in [1.165, 1.54) is 0 Å². The molecule has 3 nitrogen and oxygen atoms in total. The van der Waals surface area contributed by atoms with Crippen LogP contribution in [0.25, 0.3) is 11.6 Å². The number of rotatable bonds is 1. The summed E-state index contributed by atoms with van der Waals surface area (Å²) in [6.07, 6.45) is 3.35. The predicted molar refractivity (Wildman–Crippen MR) is 62.7 cm³/mol. The zero-order valence-electron chi connectivity index (χ0n) is 8.91. The maximum Gasteiger partial charge on any atom is 0.258 e. The second-order valence-corrected chi connectivity index (χ2v) is 3.46. The first-order chi connectivity index (χ1) is 7.69. The van der Waals surface area contributed by atoms with E-state index in [0.717, 1.165) is 5.56 Å². The molecule has 2 amide bonds. The van der Waals surface area contributed by atoms with Crippen molar-refractivity contribution in [2.75, 3.05) is 0 Å². The highest BCUT2D eigenvalue weighted by Gasteiger charge is 2.27. The summed E-state index contributed by atoms with van der Waals surface area (Å²) in [6.45, 7) is 5.46. The van der Waals surface area contributed by atoms with Gasteiger partial charge in [-0.15, -0.1) is 0 Å². The molecule has 1 aliphatic rings. The first kappa shape index (κ1) is 10.4. The van der Waals surface area contributed by atoms with E-state index in [4.69, 9.17) is 0 Å². The molecule has 0 atom stereocenters. The summed E-state index contributed by atoms with van der Waals surface area (Å²) < 4.78 is 0. The number of hydrogen-bond donors (Lipinski definition) is 1. The van der Waals surface area contributed by atoms with Crippen LogP contribution in [-0.4, -0.2) is 11.8 Å². The summed E-state index contributed by atoms with van der Waals surface area (Å²) in [7, 11) is 0. The molecular formula is C13H11NO2. The Morgan fingerprint density at radius 1 is 1.25 bits per heavy atom. The van der Waals surface area contributed by atoms with Gasteiger partial charge in [0.15, 0.2) is 0 Å². The molecule has 1 heterocycles. The standard InChI is InChI=1S/C13H11NO2/c1-3-8-6-5-7-10-11(8)9(4-2)12(15)14-13(10)16/h3-7H,1H2,2H3,(H,14,15,16)/b9-4+. The molecule has 0 bridgehead atoms. The Hall–Kier alpha value is -2.16. The molecule has 0 saturated heterocycles. The number of amides is 2. The van der Waals surface area contributed by atoms with E-state index in [2.05, 4.69) is 11.9 Å². The van der Waals surface area contributed by atoms with Crippen LogP contribution in [0.5, 0.6) is 0 Å². The summed E-state index contributed by atoms with van der Waals surface area (Å²) in [6, 6.07) is 5.31. The third-order valence-corrected chi connectivity index (χ3v) is 2.59.